The molecule has 1 fully saturated rings. The van der Waals surface area contributed by atoms with Crippen LogP contribution in [0.4, 0.5) is 8.78 Å². The molecule has 1 aromatic rings. The number of nitrogens with zero attached hydrogens (tertiary/aromatic N) is 1. The van der Waals surface area contributed by atoms with Crippen LogP contribution >= 0.6 is 0 Å². The number of hydrogen-bond acceptors (Lipinski definition) is 3. The minimum Gasteiger partial charge on any atom is -0.292 e. The van der Waals surface area contributed by atoms with E-state index in [4.69, 9.17) is 0 Å². The average Bonchev–Trinajstić information content (AvgIpc) is 2.33. The summed E-state index contributed by atoms with van der Waals surface area (Å²) in [5.74, 6) is -3.97. The van der Waals surface area contributed by atoms with E-state index >= 15 is 0 Å². The van der Waals surface area contributed by atoms with Gasteiger partial charge in [-0.15, -0.1) is 0 Å². The van der Waals surface area contributed by atoms with Gasteiger partial charge < -0.3 is 0 Å². The van der Waals surface area contributed by atoms with E-state index in [1.807, 2.05) is 0 Å². The second-order valence-electron chi connectivity index (χ2n) is 4.91. The van der Waals surface area contributed by atoms with Crippen LogP contribution in [-0.4, -0.2) is 29.0 Å². The van der Waals surface area contributed by atoms with Crippen LogP contribution in [0.15, 0.2) is 18.2 Å². The topological polar surface area (TPSA) is 54.5 Å². The Morgan fingerprint density at radius 1 is 1.20 bits per heavy atom. The SMILES string of the molecule is CC1CC(=O)N(CC(=O)c2c(F)cccc2F)C(=O)C1. The Bertz CT molecular complexity index is 548. The van der Waals surface area contributed by atoms with Gasteiger partial charge in [0.15, 0.2) is 5.78 Å². The zero-order chi connectivity index (χ0) is 14.9. The van der Waals surface area contributed by atoms with Crippen molar-refractivity contribution in [2.45, 2.75) is 19.8 Å². The Morgan fingerprint density at radius 2 is 1.70 bits per heavy atom. The number of likely N-dealkylation sites (tertiary alicyclic amines) is 1. The highest BCUT2D eigenvalue weighted by atomic mass is 19.1. The van der Waals surface area contributed by atoms with Crippen LogP contribution in [-0.2, 0) is 9.59 Å². The lowest BCUT2D eigenvalue weighted by Gasteiger charge is -2.27. The van der Waals surface area contributed by atoms with Gasteiger partial charge in [0, 0.05) is 12.8 Å². The summed E-state index contributed by atoms with van der Waals surface area (Å²) in [6.45, 7) is 1.13. The summed E-state index contributed by atoms with van der Waals surface area (Å²) in [6, 6.07) is 3.05. The van der Waals surface area contributed by atoms with E-state index in [9.17, 15) is 23.2 Å². The Labute approximate surface area is 114 Å². The Morgan fingerprint density at radius 3 is 2.20 bits per heavy atom. The number of carbonyl (C=O) groups excluding carboxylic acids is 3. The highest BCUT2D eigenvalue weighted by Crippen LogP contribution is 2.20. The highest BCUT2D eigenvalue weighted by molar-refractivity contribution is 6.05. The van der Waals surface area contributed by atoms with Crippen molar-refractivity contribution in [2.75, 3.05) is 6.54 Å². The van der Waals surface area contributed by atoms with Crippen molar-refractivity contribution in [2.24, 2.45) is 5.92 Å². The van der Waals surface area contributed by atoms with Crippen molar-refractivity contribution >= 4 is 17.6 Å². The van der Waals surface area contributed by atoms with Gasteiger partial charge in [0.25, 0.3) is 0 Å². The predicted molar refractivity (Wildman–Crippen MR) is 65.8 cm³/mol. The number of Topliss-reactive ketones (excluding diaryl/α,β-unsaturated/α-hetero) is 1. The Kier molecular flexibility index (Phi) is 3.92. The monoisotopic (exact) mass is 281 g/mol. The molecule has 1 aliphatic heterocycles. The number of halogens is 2. The largest absolute Gasteiger partial charge is 0.292 e. The molecule has 1 heterocycles. The van der Waals surface area contributed by atoms with Crippen molar-refractivity contribution < 1.29 is 23.2 Å². The minimum absolute atomic E-state index is 0.0773. The van der Waals surface area contributed by atoms with Gasteiger partial charge in [-0.3, -0.25) is 19.3 Å². The minimum atomic E-state index is -1.000. The highest BCUT2D eigenvalue weighted by Gasteiger charge is 2.32. The maximum absolute atomic E-state index is 13.5. The smallest absolute Gasteiger partial charge is 0.229 e. The lowest BCUT2D eigenvalue weighted by molar-refractivity contribution is -0.149. The van der Waals surface area contributed by atoms with Crippen LogP contribution in [0.25, 0.3) is 0 Å². The lowest BCUT2D eigenvalue weighted by atomic mass is 9.97. The summed E-state index contributed by atoms with van der Waals surface area (Å²) in [6.07, 6.45) is 0.303. The first kappa shape index (κ1) is 14.3. The first-order chi connectivity index (χ1) is 9.40. The summed E-state index contributed by atoms with van der Waals surface area (Å²) >= 11 is 0. The summed E-state index contributed by atoms with van der Waals surface area (Å²) < 4.78 is 26.9. The second-order valence-corrected chi connectivity index (χ2v) is 4.91. The third kappa shape index (κ3) is 2.74. The standard InChI is InChI=1S/C14H13F2NO3/c1-8-5-12(19)17(13(20)6-8)7-11(18)14-9(15)3-2-4-10(14)16/h2-4,8H,5-7H2,1H3. The maximum atomic E-state index is 13.5. The molecule has 0 spiro atoms. The van der Waals surface area contributed by atoms with E-state index in [2.05, 4.69) is 0 Å². The molecule has 0 aromatic heterocycles. The van der Waals surface area contributed by atoms with Crippen molar-refractivity contribution in [3.8, 4) is 0 Å². The molecule has 4 nitrogen and oxygen atoms in total. The van der Waals surface area contributed by atoms with Crippen LogP contribution in [0.5, 0.6) is 0 Å². The molecule has 0 bridgehead atoms. The predicted octanol–water partition coefficient (Wildman–Crippen LogP) is 1.93. The molecule has 1 aromatic carbocycles. The molecule has 1 saturated heterocycles. The Hall–Kier alpha value is -2.11. The number of ketones is 1. The molecular weight excluding hydrogens is 268 g/mol. The van der Waals surface area contributed by atoms with E-state index in [0.29, 0.717) is 0 Å². The van der Waals surface area contributed by atoms with E-state index in [1.165, 1.54) is 0 Å². The average molecular weight is 281 g/mol. The second kappa shape index (κ2) is 5.48. The van der Waals surface area contributed by atoms with Gasteiger partial charge in [0.1, 0.15) is 11.6 Å². The number of imide groups is 1. The van der Waals surface area contributed by atoms with Crippen molar-refractivity contribution in [1.29, 1.82) is 0 Å². The molecule has 0 N–H and O–H groups in total. The van der Waals surface area contributed by atoms with E-state index in [1.54, 1.807) is 6.92 Å². The molecule has 0 aliphatic carbocycles. The zero-order valence-corrected chi connectivity index (χ0v) is 10.9. The summed E-state index contributed by atoms with van der Waals surface area (Å²) in [4.78, 5) is 36.1. The van der Waals surface area contributed by atoms with Gasteiger partial charge in [-0.2, -0.15) is 0 Å². The van der Waals surface area contributed by atoms with Crippen LogP contribution in [0.3, 0.4) is 0 Å². The molecule has 20 heavy (non-hydrogen) atoms. The lowest BCUT2D eigenvalue weighted by Crippen LogP contribution is -2.45. The van der Waals surface area contributed by atoms with Gasteiger partial charge >= 0.3 is 0 Å². The van der Waals surface area contributed by atoms with E-state index in [0.717, 1.165) is 23.1 Å². The fourth-order valence-electron chi connectivity index (χ4n) is 2.19. The van der Waals surface area contributed by atoms with Crippen molar-refractivity contribution in [3.05, 3.63) is 35.4 Å². The third-order valence-electron chi connectivity index (χ3n) is 3.19. The van der Waals surface area contributed by atoms with Gasteiger partial charge in [0.2, 0.25) is 11.8 Å². The van der Waals surface area contributed by atoms with E-state index in [-0.39, 0.29) is 18.8 Å². The number of piperidine rings is 1. The molecule has 0 unspecified atom stereocenters. The van der Waals surface area contributed by atoms with Crippen LogP contribution in [0.2, 0.25) is 0 Å². The normalized spacial score (nSPS) is 16.6. The van der Waals surface area contributed by atoms with Crippen LogP contribution in [0.1, 0.15) is 30.1 Å². The van der Waals surface area contributed by atoms with Crippen molar-refractivity contribution in [3.63, 3.8) is 0 Å². The van der Waals surface area contributed by atoms with Gasteiger partial charge in [-0.25, -0.2) is 8.78 Å². The molecular formula is C14H13F2NO3. The van der Waals surface area contributed by atoms with Crippen LogP contribution < -0.4 is 0 Å². The van der Waals surface area contributed by atoms with Crippen LogP contribution in [0, 0.1) is 17.6 Å². The summed E-state index contributed by atoms with van der Waals surface area (Å²) in [5.41, 5.74) is -0.716. The molecule has 2 amide bonds. The fourth-order valence-corrected chi connectivity index (χ4v) is 2.19. The maximum Gasteiger partial charge on any atom is 0.229 e. The molecule has 6 heteroatoms. The summed E-state index contributed by atoms with van der Waals surface area (Å²) in [5, 5.41) is 0. The number of rotatable bonds is 3. The number of benzene rings is 1. The van der Waals surface area contributed by atoms with E-state index < -0.39 is 41.3 Å². The first-order valence-electron chi connectivity index (χ1n) is 6.20. The third-order valence-corrected chi connectivity index (χ3v) is 3.19. The quantitative estimate of drug-likeness (QED) is 0.628. The molecule has 0 radical (unpaired) electrons. The summed E-state index contributed by atoms with van der Waals surface area (Å²) in [7, 11) is 0. The molecule has 0 saturated carbocycles. The van der Waals surface area contributed by atoms with Gasteiger partial charge in [-0.05, 0) is 18.1 Å². The molecule has 0 atom stereocenters. The fraction of sp³-hybridized carbons (Fsp3) is 0.357. The first-order valence-corrected chi connectivity index (χ1v) is 6.20. The number of carbonyl (C=O) groups is 3. The van der Waals surface area contributed by atoms with Crippen molar-refractivity contribution in [1.82, 2.24) is 4.90 Å². The van der Waals surface area contributed by atoms with Gasteiger partial charge in [-0.1, -0.05) is 13.0 Å². The zero-order valence-electron chi connectivity index (χ0n) is 10.9. The molecule has 1 aliphatic rings. The Balaban J connectivity index is 2.20. The van der Waals surface area contributed by atoms with Gasteiger partial charge in [0.05, 0.1) is 12.1 Å². The molecule has 2 rings (SSSR count). The molecule has 106 valence electrons. The number of amides is 2. The number of hydrogen-bond donors (Lipinski definition) is 0.